The van der Waals surface area contributed by atoms with Gasteiger partial charge < -0.3 is 10.5 Å². The molecule has 0 aliphatic rings. The van der Waals surface area contributed by atoms with E-state index in [9.17, 15) is 8.42 Å². The van der Waals surface area contributed by atoms with Gasteiger partial charge in [0, 0.05) is 6.54 Å². The van der Waals surface area contributed by atoms with Crippen LogP contribution in [0.2, 0.25) is 0 Å². The molecule has 3 N–H and O–H groups in total. The fraction of sp³-hybridized carbons (Fsp3) is 0.571. The van der Waals surface area contributed by atoms with Gasteiger partial charge in [-0.05, 0) is 29.5 Å². The van der Waals surface area contributed by atoms with E-state index in [0.717, 1.165) is 5.56 Å². The molecular formula is C14H24N2O3S. The van der Waals surface area contributed by atoms with Gasteiger partial charge in [0.15, 0.2) is 0 Å². The Morgan fingerprint density at radius 1 is 1.30 bits per heavy atom. The zero-order chi connectivity index (χ0) is 15.4. The molecule has 114 valence electrons. The first-order chi connectivity index (χ1) is 9.13. The first kappa shape index (κ1) is 16.8. The topological polar surface area (TPSA) is 81.4 Å². The van der Waals surface area contributed by atoms with Crippen LogP contribution in [0.5, 0.6) is 5.75 Å². The highest BCUT2D eigenvalue weighted by atomic mass is 32.2. The first-order valence-electron chi connectivity index (χ1n) is 6.53. The maximum atomic E-state index is 11.9. The minimum Gasteiger partial charge on any atom is -0.495 e. The van der Waals surface area contributed by atoms with E-state index >= 15 is 0 Å². The van der Waals surface area contributed by atoms with Gasteiger partial charge in [-0.15, -0.1) is 0 Å². The van der Waals surface area contributed by atoms with Crippen LogP contribution in [0.1, 0.15) is 32.8 Å². The molecule has 0 aliphatic heterocycles. The maximum Gasteiger partial charge on any atom is 0.211 e. The Hall–Kier alpha value is -1.27. The molecule has 5 nitrogen and oxygen atoms in total. The lowest BCUT2D eigenvalue weighted by Crippen LogP contribution is -2.28. The average Bonchev–Trinajstić information content (AvgIpc) is 2.34. The van der Waals surface area contributed by atoms with Crippen molar-refractivity contribution in [1.82, 2.24) is 4.72 Å². The Morgan fingerprint density at radius 3 is 2.45 bits per heavy atom. The number of nitrogens with two attached hydrogens (primary N) is 1. The third-order valence-electron chi connectivity index (χ3n) is 2.91. The number of hydrogen-bond donors (Lipinski definition) is 2. The number of ether oxygens (including phenoxy) is 1. The summed E-state index contributed by atoms with van der Waals surface area (Å²) in [4.78, 5) is 0. The molecular weight excluding hydrogens is 276 g/mol. The molecule has 0 saturated carbocycles. The van der Waals surface area contributed by atoms with E-state index in [0.29, 0.717) is 17.9 Å². The lowest BCUT2D eigenvalue weighted by molar-refractivity contribution is 0.396. The summed E-state index contributed by atoms with van der Waals surface area (Å²) in [5, 5.41) is 0. The van der Waals surface area contributed by atoms with Crippen LogP contribution >= 0.6 is 0 Å². The molecule has 0 spiro atoms. The van der Waals surface area contributed by atoms with Crippen LogP contribution in [0.3, 0.4) is 0 Å². The highest BCUT2D eigenvalue weighted by molar-refractivity contribution is 7.89. The standard InChI is InChI=1S/C14H24N2O3S/c1-14(2,3)7-8-20(17,18)16-10-11-5-6-13(19-4)12(15)9-11/h5-6,9,16H,7-8,10,15H2,1-4H3. The van der Waals surface area contributed by atoms with E-state index in [1.165, 1.54) is 0 Å². The Kier molecular flexibility index (Phi) is 5.42. The zero-order valence-corrected chi connectivity index (χ0v) is 13.4. The van der Waals surface area contributed by atoms with Gasteiger partial charge in [0.2, 0.25) is 10.0 Å². The van der Waals surface area contributed by atoms with E-state index in [2.05, 4.69) is 4.72 Å². The molecule has 0 heterocycles. The molecule has 0 radical (unpaired) electrons. The Balaban J connectivity index is 2.60. The van der Waals surface area contributed by atoms with Crippen molar-refractivity contribution in [3.63, 3.8) is 0 Å². The SMILES string of the molecule is COc1ccc(CNS(=O)(=O)CCC(C)(C)C)cc1N. The summed E-state index contributed by atoms with van der Waals surface area (Å²) in [5.41, 5.74) is 7.09. The molecule has 0 aromatic heterocycles. The van der Waals surface area contributed by atoms with E-state index in [4.69, 9.17) is 10.5 Å². The van der Waals surface area contributed by atoms with Crippen molar-refractivity contribution in [2.45, 2.75) is 33.7 Å². The lowest BCUT2D eigenvalue weighted by Gasteiger charge is -2.18. The number of benzene rings is 1. The second kappa shape index (κ2) is 6.45. The fourth-order valence-electron chi connectivity index (χ4n) is 1.60. The second-order valence-corrected chi connectivity index (χ2v) is 7.95. The van der Waals surface area contributed by atoms with Crippen molar-refractivity contribution in [2.24, 2.45) is 5.41 Å². The molecule has 0 saturated heterocycles. The number of anilines is 1. The van der Waals surface area contributed by atoms with Crippen molar-refractivity contribution < 1.29 is 13.2 Å². The fourth-order valence-corrected chi connectivity index (χ4v) is 3.01. The van der Waals surface area contributed by atoms with Gasteiger partial charge in [0.25, 0.3) is 0 Å². The highest BCUT2D eigenvalue weighted by Gasteiger charge is 2.17. The molecule has 0 bridgehead atoms. The van der Waals surface area contributed by atoms with Crippen LogP contribution in [0.25, 0.3) is 0 Å². The van der Waals surface area contributed by atoms with E-state index in [-0.39, 0.29) is 17.7 Å². The molecule has 6 heteroatoms. The van der Waals surface area contributed by atoms with Crippen molar-refractivity contribution >= 4 is 15.7 Å². The summed E-state index contributed by atoms with van der Waals surface area (Å²) in [5.74, 6) is 0.714. The number of rotatable bonds is 6. The minimum atomic E-state index is -3.26. The first-order valence-corrected chi connectivity index (χ1v) is 8.18. The summed E-state index contributed by atoms with van der Waals surface area (Å²) in [6.45, 7) is 6.30. The summed E-state index contributed by atoms with van der Waals surface area (Å²) < 4.78 is 31.4. The van der Waals surface area contributed by atoms with E-state index < -0.39 is 10.0 Å². The maximum absolute atomic E-state index is 11.9. The molecule has 0 amide bonds. The normalized spacial score (nSPS) is 12.4. The number of nitrogens with one attached hydrogen (secondary N) is 1. The van der Waals surface area contributed by atoms with Crippen LogP contribution in [0.4, 0.5) is 5.69 Å². The zero-order valence-electron chi connectivity index (χ0n) is 12.6. The van der Waals surface area contributed by atoms with Crippen molar-refractivity contribution in [2.75, 3.05) is 18.6 Å². The molecule has 20 heavy (non-hydrogen) atoms. The van der Waals surface area contributed by atoms with Crippen molar-refractivity contribution in [3.05, 3.63) is 23.8 Å². The minimum absolute atomic E-state index is 0.000703. The van der Waals surface area contributed by atoms with Crippen LogP contribution < -0.4 is 15.2 Å². The number of hydrogen-bond acceptors (Lipinski definition) is 4. The molecule has 1 aromatic rings. The number of methoxy groups -OCH3 is 1. The monoisotopic (exact) mass is 300 g/mol. The summed E-state index contributed by atoms with van der Waals surface area (Å²) in [6.07, 6.45) is 0.618. The van der Waals surface area contributed by atoms with Crippen LogP contribution in [-0.2, 0) is 16.6 Å². The van der Waals surface area contributed by atoms with Crippen molar-refractivity contribution in [3.8, 4) is 5.75 Å². The molecule has 1 aromatic carbocycles. The number of sulfonamides is 1. The van der Waals surface area contributed by atoms with Crippen LogP contribution in [-0.4, -0.2) is 21.3 Å². The lowest BCUT2D eigenvalue weighted by atomic mass is 9.94. The molecule has 1 rings (SSSR count). The quantitative estimate of drug-likeness (QED) is 0.789. The van der Waals surface area contributed by atoms with Crippen LogP contribution in [0, 0.1) is 5.41 Å². The van der Waals surface area contributed by atoms with Gasteiger partial charge in [-0.3, -0.25) is 0 Å². The van der Waals surface area contributed by atoms with E-state index in [1.54, 1.807) is 25.3 Å². The van der Waals surface area contributed by atoms with Gasteiger partial charge in [-0.1, -0.05) is 26.8 Å². The predicted molar refractivity (Wildman–Crippen MR) is 82.1 cm³/mol. The molecule has 0 fully saturated rings. The smallest absolute Gasteiger partial charge is 0.211 e. The van der Waals surface area contributed by atoms with Crippen molar-refractivity contribution in [1.29, 1.82) is 0 Å². The largest absolute Gasteiger partial charge is 0.495 e. The molecule has 0 aliphatic carbocycles. The van der Waals surface area contributed by atoms with E-state index in [1.807, 2.05) is 20.8 Å². The molecule has 0 atom stereocenters. The van der Waals surface area contributed by atoms with Gasteiger partial charge >= 0.3 is 0 Å². The summed E-state index contributed by atoms with van der Waals surface area (Å²) in [6, 6.07) is 5.24. The third kappa shape index (κ3) is 5.79. The van der Waals surface area contributed by atoms with Crippen LogP contribution in [0.15, 0.2) is 18.2 Å². The molecule has 0 unspecified atom stereocenters. The Morgan fingerprint density at radius 2 is 1.95 bits per heavy atom. The van der Waals surface area contributed by atoms with Gasteiger partial charge in [-0.2, -0.15) is 0 Å². The number of nitrogen functional groups attached to an aromatic ring is 1. The van der Waals surface area contributed by atoms with Gasteiger partial charge in [-0.25, -0.2) is 13.1 Å². The Labute approximate surface area is 121 Å². The second-order valence-electron chi connectivity index (χ2n) is 6.03. The third-order valence-corrected chi connectivity index (χ3v) is 4.24. The predicted octanol–water partition coefficient (Wildman–Crippen LogP) is 2.13. The van der Waals surface area contributed by atoms with Gasteiger partial charge in [0.1, 0.15) is 5.75 Å². The highest BCUT2D eigenvalue weighted by Crippen LogP contribution is 2.22. The Bertz CT molecular complexity index is 548. The van der Waals surface area contributed by atoms with Gasteiger partial charge in [0.05, 0.1) is 18.6 Å². The summed E-state index contributed by atoms with van der Waals surface area (Å²) in [7, 11) is -1.72. The average molecular weight is 300 g/mol. The summed E-state index contributed by atoms with van der Waals surface area (Å²) >= 11 is 0.